The molecular weight excluding hydrogens is 474 g/mol. The predicted octanol–water partition coefficient (Wildman–Crippen LogP) is 2.84. The summed E-state index contributed by atoms with van der Waals surface area (Å²) < 4.78 is 38.0. The fraction of sp³-hybridized carbons (Fsp3) is 0.440. The number of hydrogen-bond acceptors (Lipinski definition) is 5. The predicted molar refractivity (Wildman–Crippen MR) is 133 cm³/mol. The van der Waals surface area contributed by atoms with Crippen molar-refractivity contribution >= 4 is 28.9 Å². The zero-order valence-corrected chi connectivity index (χ0v) is 20.3. The lowest BCUT2D eigenvalue weighted by Gasteiger charge is -2.37. The zero-order valence-electron chi connectivity index (χ0n) is 19.5. The third-order valence-electron chi connectivity index (χ3n) is 6.11. The van der Waals surface area contributed by atoms with Crippen LogP contribution in [0, 0.1) is 11.6 Å². The lowest BCUT2D eigenvalue weighted by atomic mass is 10.1. The number of hydrogen-bond donors (Lipinski definition) is 1. The Hall–Kier alpha value is -2.66. The fourth-order valence-corrected chi connectivity index (χ4v) is 4.42. The van der Waals surface area contributed by atoms with Gasteiger partial charge in [0.15, 0.2) is 5.11 Å². The molecule has 0 spiro atoms. The summed E-state index contributed by atoms with van der Waals surface area (Å²) in [5, 5.41) is 3.66. The molecule has 7 nitrogen and oxygen atoms in total. The molecule has 4 rings (SSSR count). The molecule has 0 aliphatic carbocycles. The van der Waals surface area contributed by atoms with E-state index in [9.17, 15) is 13.6 Å². The highest BCUT2D eigenvalue weighted by Gasteiger charge is 2.27. The van der Waals surface area contributed by atoms with E-state index in [1.54, 1.807) is 17.0 Å². The minimum atomic E-state index is -0.380. The van der Waals surface area contributed by atoms with Gasteiger partial charge in [0.05, 0.1) is 25.9 Å². The number of benzene rings is 2. The van der Waals surface area contributed by atoms with Gasteiger partial charge in [0.2, 0.25) is 0 Å². The number of amides is 1. The molecule has 0 saturated carbocycles. The van der Waals surface area contributed by atoms with Crippen LogP contribution in [-0.2, 0) is 9.47 Å². The van der Waals surface area contributed by atoms with Crippen molar-refractivity contribution in [3.8, 4) is 0 Å². The summed E-state index contributed by atoms with van der Waals surface area (Å²) in [5.74, 6) is -0.850. The average molecular weight is 505 g/mol. The molecule has 1 atom stereocenters. The van der Waals surface area contributed by atoms with Gasteiger partial charge in [0, 0.05) is 57.1 Å². The number of anilines is 1. The molecule has 1 amide bonds. The summed E-state index contributed by atoms with van der Waals surface area (Å²) in [7, 11) is 0. The van der Waals surface area contributed by atoms with E-state index in [1.165, 1.54) is 36.4 Å². The molecule has 0 unspecified atom stereocenters. The van der Waals surface area contributed by atoms with Gasteiger partial charge in [-0.05, 0) is 60.7 Å². The molecule has 35 heavy (non-hydrogen) atoms. The molecule has 2 aromatic rings. The number of morpholine rings is 2. The summed E-state index contributed by atoms with van der Waals surface area (Å²) >= 11 is 5.56. The summed E-state index contributed by atoms with van der Waals surface area (Å²) in [4.78, 5) is 19.3. The van der Waals surface area contributed by atoms with E-state index < -0.39 is 0 Å². The smallest absolute Gasteiger partial charge is 0.253 e. The van der Waals surface area contributed by atoms with Crippen LogP contribution in [0.3, 0.4) is 0 Å². The van der Waals surface area contributed by atoms with Crippen LogP contribution in [0.4, 0.5) is 14.5 Å². The molecule has 0 bridgehead atoms. The Kier molecular flexibility index (Phi) is 8.97. The number of nitrogens with zero attached hydrogens (tertiary/aromatic N) is 3. The summed E-state index contributed by atoms with van der Waals surface area (Å²) in [6.45, 7) is 6.25. The molecule has 2 aromatic carbocycles. The van der Waals surface area contributed by atoms with E-state index in [4.69, 9.17) is 21.7 Å². The number of halogens is 2. The number of carbonyl (C=O) groups is 1. The normalized spacial score (nSPS) is 18.8. The van der Waals surface area contributed by atoms with Crippen LogP contribution in [0.25, 0.3) is 0 Å². The van der Waals surface area contributed by atoms with Crippen molar-refractivity contribution in [3.05, 3.63) is 65.7 Å². The van der Waals surface area contributed by atoms with Gasteiger partial charge in [0.1, 0.15) is 11.6 Å². The van der Waals surface area contributed by atoms with Crippen LogP contribution in [0.5, 0.6) is 0 Å². The summed E-state index contributed by atoms with van der Waals surface area (Å²) in [6.07, 6.45) is -0.245. The Morgan fingerprint density at radius 3 is 2.34 bits per heavy atom. The van der Waals surface area contributed by atoms with Gasteiger partial charge in [-0.1, -0.05) is 0 Å². The van der Waals surface area contributed by atoms with Gasteiger partial charge in [-0.2, -0.15) is 0 Å². The highest BCUT2D eigenvalue weighted by Crippen LogP contribution is 2.15. The molecule has 10 heteroatoms. The second-order valence-electron chi connectivity index (χ2n) is 8.59. The van der Waals surface area contributed by atoms with E-state index in [1.807, 2.05) is 4.90 Å². The first-order valence-electron chi connectivity index (χ1n) is 11.8. The fourth-order valence-electron chi connectivity index (χ4n) is 4.13. The minimum Gasteiger partial charge on any atom is -0.379 e. The minimum absolute atomic E-state index is 0.161. The van der Waals surface area contributed by atoms with E-state index >= 15 is 0 Å². The summed E-state index contributed by atoms with van der Waals surface area (Å²) in [5.41, 5.74) is 1.15. The van der Waals surface area contributed by atoms with Crippen LogP contribution in [0.1, 0.15) is 10.4 Å². The highest BCUT2D eigenvalue weighted by molar-refractivity contribution is 7.80. The third kappa shape index (κ3) is 7.41. The van der Waals surface area contributed by atoms with Crippen LogP contribution < -0.4 is 5.32 Å². The Labute approximate surface area is 209 Å². The Bertz CT molecular complexity index is 987. The van der Waals surface area contributed by atoms with Crippen molar-refractivity contribution in [2.45, 2.75) is 6.10 Å². The van der Waals surface area contributed by atoms with Crippen molar-refractivity contribution in [2.75, 3.05) is 71.0 Å². The lowest BCUT2D eigenvalue weighted by Crippen LogP contribution is -2.52. The molecule has 188 valence electrons. The second-order valence-corrected chi connectivity index (χ2v) is 8.97. The second kappa shape index (κ2) is 12.3. The van der Waals surface area contributed by atoms with Crippen LogP contribution in [-0.4, -0.2) is 97.5 Å². The molecule has 2 aliphatic rings. The van der Waals surface area contributed by atoms with Crippen molar-refractivity contribution in [3.63, 3.8) is 0 Å². The van der Waals surface area contributed by atoms with Crippen LogP contribution in [0.2, 0.25) is 0 Å². The monoisotopic (exact) mass is 504 g/mol. The zero-order chi connectivity index (χ0) is 24.6. The van der Waals surface area contributed by atoms with Gasteiger partial charge in [0.25, 0.3) is 5.91 Å². The van der Waals surface area contributed by atoms with Crippen molar-refractivity contribution < 1.29 is 23.0 Å². The van der Waals surface area contributed by atoms with E-state index in [0.29, 0.717) is 62.4 Å². The lowest BCUT2D eigenvalue weighted by molar-refractivity contribution is -0.0228. The molecule has 2 saturated heterocycles. The Morgan fingerprint density at radius 1 is 1.00 bits per heavy atom. The maximum absolute atomic E-state index is 13.4. The quantitative estimate of drug-likeness (QED) is 0.582. The number of rotatable bonds is 7. The standard InChI is InChI=1S/C25H30F2N4O3S/c26-20-3-1-19(2-4-20)24(32)30(10-9-29-11-14-33-15-12-29)17-23-18-31(13-16-34-23)25(35)28-22-7-5-21(27)6-8-22/h1-8,23H,9-18H2,(H,28,35)/t23-/m1/s1. The van der Waals surface area contributed by atoms with Gasteiger partial charge in [-0.15, -0.1) is 0 Å². The number of carbonyl (C=O) groups excluding carboxylic acids is 1. The first-order chi connectivity index (χ1) is 17.0. The number of nitrogens with one attached hydrogen (secondary N) is 1. The highest BCUT2D eigenvalue weighted by atomic mass is 32.1. The van der Waals surface area contributed by atoms with E-state index in [-0.39, 0.29) is 23.6 Å². The van der Waals surface area contributed by atoms with Gasteiger partial charge >= 0.3 is 0 Å². The molecular formula is C25H30F2N4O3S. The molecule has 2 fully saturated rings. The first-order valence-corrected chi connectivity index (χ1v) is 12.2. The van der Waals surface area contributed by atoms with Gasteiger partial charge < -0.3 is 24.6 Å². The molecule has 1 N–H and O–H groups in total. The van der Waals surface area contributed by atoms with Crippen molar-refractivity contribution in [1.82, 2.24) is 14.7 Å². The van der Waals surface area contributed by atoms with Crippen molar-refractivity contribution in [2.24, 2.45) is 0 Å². The maximum Gasteiger partial charge on any atom is 0.253 e. The Morgan fingerprint density at radius 2 is 1.66 bits per heavy atom. The van der Waals surface area contributed by atoms with Crippen LogP contribution in [0.15, 0.2) is 48.5 Å². The first kappa shape index (κ1) is 25.4. The molecule has 0 radical (unpaired) electrons. The topological polar surface area (TPSA) is 57.3 Å². The number of thiocarbonyl (C=S) groups is 1. The molecule has 2 aliphatic heterocycles. The largest absolute Gasteiger partial charge is 0.379 e. The van der Waals surface area contributed by atoms with E-state index in [2.05, 4.69) is 10.2 Å². The third-order valence-corrected chi connectivity index (χ3v) is 6.47. The maximum atomic E-state index is 13.4. The van der Waals surface area contributed by atoms with Gasteiger partial charge in [-0.3, -0.25) is 9.69 Å². The average Bonchev–Trinajstić information content (AvgIpc) is 2.88. The van der Waals surface area contributed by atoms with Gasteiger partial charge in [-0.25, -0.2) is 8.78 Å². The van der Waals surface area contributed by atoms with Crippen molar-refractivity contribution in [1.29, 1.82) is 0 Å². The van der Waals surface area contributed by atoms with Crippen LogP contribution >= 0.6 is 12.2 Å². The SMILES string of the molecule is O=C(c1ccc(F)cc1)N(CCN1CCOCC1)C[C@@H]1CN(C(=S)Nc2ccc(F)cc2)CCO1. The summed E-state index contributed by atoms with van der Waals surface area (Å²) in [6, 6.07) is 11.6. The molecule has 0 aromatic heterocycles. The van der Waals surface area contributed by atoms with E-state index in [0.717, 1.165) is 19.6 Å². The molecule has 2 heterocycles. The Balaban J connectivity index is 1.39. The number of ether oxygens (including phenoxy) is 2.